The lowest BCUT2D eigenvalue weighted by molar-refractivity contribution is -0.384. The zero-order valence-electron chi connectivity index (χ0n) is 15.3. The summed E-state index contributed by atoms with van der Waals surface area (Å²) in [6.07, 6.45) is 0.594. The summed E-state index contributed by atoms with van der Waals surface area (Å²) in [5.74, 6) is 0.489. The van der Waals surface area contributed by atoms with Gasteiger partial charge in [0.1, 0.15) is 17.5 Å². The molecule has 8 heteroatoms. The molecule has 0 bridgehead atoms. The summed E-state index contributed by atoms with van der Waals surface area (Å²) in [7, 11) is 0. The number of morpholine rings is 1. The third-order valence-corrected chi connectivity index (χ3v) is 4.99. The number of carbonyl (C=O) groups is 1. The van der Waals surface area contributed by atoms with Crippen LogP contribution in [0.1, 0.15) is 15.9 Å². The molecular weight excluding hydrogens is 362 g/mol. The van der Waals surface area contributed by atoms with Crippen LogP contribution in [0.5, 0.6) is 5.75 Å². The second kappa shape index (κ2) is 7.85. The molecule has 2 aromatic rings. The molecule has 2 aliphatic heterocycles. The monoisotopic (exact) mass is 383 g/mol. The first-order valence-electron chi connectivity index (χ1n) is 9.26. The van der Waals surface area contributed by atoms with E-state index in [1.807, 2.05) is 29.2 Å². The van der Waals surface area contributed by atoms with Crippen LogP contribution in [0.2, 0.25) is 0 Å². The number of fused-ring (bicyclic) bond motifs is 1. The highest BCUT2D eigenvalue weighted by Gasteiger charge is 2.25. The van der Waals surface area contributed by atoms with Crippen LogP contribution in [0.25, 0.3) is 0 Å². The fraction of sp³-hybridized carbons (Fsp3) is 0.350. The van der Waals surface area contributed by atoms with Crippen LogP contribution < -0.4 is 15.0 Å². The molecule has 146 valence electrons. The second-order valence-corrected chi connectivity index (χ2v) is 6.82. The number of nitrogens with one attached hydrogen (secondary N) is 1. The van der Waals surface area contributed by atoms with Gasteiger partial charge in [0.15, 0.2) is 0 Å². The van der Waals surface area contributed by atoms with Crippen LogP contribution in [-0.4, -0.2) is 49.8 Å². The van der Waals surface area contributed by atoms with E-state index in [9.17, 15) is 14.9 Å². The van der Waals surface area contributed by atoms with Gasteiger partial charge in [-0.25, -0.2) is 0 Å². The van der Waals surface area contributed by atoms with Crippen molar-refractivity contribution >= 4 is 17.3 Å². The van der Waals surface area contributed by atoms with Crippen LogP contribution in [0, 0.1) is 10.1 Å². The first kappa shape index (κ1) is 18.2. The highest BCUT2D eigenvalue weighted by molar-refractivity contribution is 5.95. The first-order chi connectivity index (χ1) is 13.6. The quantitative estimate of drug-likeness (QED) is 0.628. The lowest BCUT2D eigenvalue weighted by atomic mass is 10.1. The predicted octanol–water partition coefficient (Wildman–Crippen LogP) is 2.16. The zero-order valence-corrected chi connectivity index (χ0v) is 15.3. The van der Waals surface area contributed by atoms with Crippen molar-refractivity contribution in [1.29, 1.82) is 0 Å². The molecule has 28 heavy (non-hydrogen) atoms. The first-order valence-corrected chi connectivity index (χ1v) is 9.26. The number of amides is 1. The minimum absolute atomic E-state index is 0.0703. The number of rotatable bonds is 5. The Morgan fingerprint density at radius 3 is 2.75 bits per heavy atom. The van der Waals surface area contributed by atoms with Gasteiger partial charge in [0.2, 0.25) is 0 Å². The summed E-state index contributed by atoms with van der Waals surface area (Å²) in [4.78, 5) is 25.5. The highest BCUT2D eigenvalue weighted by Crippen LogP contribution is 2.30. The van der Waals surface area contributed by atoms with Crippen molar-refractivity contribution in [3.63, 3.8) is 0 Å². The van der Waals surface area contributed by atoms with Gasteiger partial charge in [-0.3, -0.25) is 14.9 Å². The van der Waals surface area contributed by atoms with E-state index in [0.717, 1.165) is 17.7 Å². The molecule has 0 aliphatic carbocycles. The second-order valence-electron chi connectivity index (χ2n) is 6.82. The maximum Gasteiger partial charge on any atom is 0.293 e. The SMILES string of the molecule is O=C(NC[C@H]1Cc2ccccc2O1)c1ccc(N2CCOCC2)c([N+](=O)[O-])c1. The molecule has 0 radical (unpaired) electrons. The number of nitro benzene ring substituents is 1. The number of anilines is 1. The number of hydrogen-bond donors (Lipinski definition) is 1. The number of hydrogen-bond acceptors (Lipinski definition) is 6. The largest absolute Gasteiger partial charge is 0.488 e. The average Bonchev–Trinajstić information content (AvgIpc) is 3.15. The molecule has 1 atom stereocenters. The number of carbonyl (C=O) groups excluding carboxylic acids is 1. The number of nitrogens with zero attached hydrogens (tertiary/aromatic N) is 2. The lowest BCUT2D eigenvalue weighted by Gasteiger charge is -2.28. The number of benzene rings is 2. The van der Waals surface area contributed by atoms with Gasteiger partial charge in [-0.2, -0.15) is 0 Å². The molecule has 1 amide bonds. The van der Waals surface area contributed by atoms with Crippen molar-refractivity contribution in [2.45, 2.75) is 12.5 Å². The summed E-state index contributed by atoms with van der Waals surface area (Å²) in [6.45, 7) is 2.58. The fourth-order valence-electron chi connectivity index (χ4n) is 3.56. The molecule has 1 N–H and O–H groups in total. The Morgan fingerprint density at radius 1 is 1.21 bits per heavy atom. The van der Waals surface area contributed by atoms with Crippen molar-refractivity contribution in [2.24, 2.45) is 0 Å². The smallest absolute Gasteiger partial charge is 0.293 e. The molecular formula is C20H21N3O5. The van der Waals surface area contributed by atoms with Gasteiger partial charge in [-0.1, -0.05) is 18.2 Å². The number of ether oxygens (including phenoxy) is 2. The Bertz CT molecular complexity index is 870. The standard InChI is InChI=1S/C20H21N3O5/c24-20(21-13-16-11-14-3-1-2-4-19(14)28-16)15-5-6-17(18(12-15)23(25)26)22-7-9-27-10-8-22/h1-6,12,16H,7-11,13H2,(H,21,24)/t16-/m1/s1. The van der Waals surface area contributed by atoms with Gasteiger partial charge in [-0.05, 0) is 23.8 Å². The van der Waals surface area contributed by atoms with Gasteiger partial charge in [0.05, 0.1) is 24.7 Å². The van der Waals surface area contributed by atoms with Crippen LogP contribution >= 0.6 is 0 Å². The van der Waals surface area contributed by atoms with E-state index in [1.165, 1.54) is 6.07 Å². The van der Waals surface area contributed by atoms with Crippen molar-refractivity contribution in [1.82, 2.24) is 5.32 Å². The average molecular weight is 383 g/mol. The molecule has 2 aromatic carbocycles. The van der Waals surface area contributed by atoms with Crippen LogP contribution in [0.4, 0.5) is 11.4 Å². The summed E-state index contributed by atoms with van der Waals surface area (Å²) >= 11 is 0. The highest BCUT2D eigenvalue weighted by atomic mass is 16.6. The lowest BCUT2D eigenvalue weighted by Crippen LogP contribution is -2.37. The Kier molecular flexibility index (Phi) is 5.12. The van der Waals surface area contributed by atoms with E-state index >= 15 is 0 Å². The molecule has 0 aromatic heterocycles. The molecule has 0 spiro atoms. The summed E-state index contributed by atoms with van der Waals surface area (Å²) in [6, 6.07) is 12.4. The summed E-state index contributed by atoms with van der Waals surface area (Å²) in [5, 5.41) is 14.3. The molecule has 0 saturated carbocycles. The molecule has 1 saturated heterocycles. The van der Waals surface area contributed by atoms with E-state index in [-0.39, 0.29) is 23.3 Å². The van der Waals surface area contributed by atoms with Gasteiger partial charge < -0.3 is 19.7 Å². The Morgan fingerprint density at radius 2 is 2.00 bits per heavy atom. The third kappa shape index (κ3) is 3.77. The molecule has 0 unspecified atom stereocenters. The summed E-state index contributed by atoms with van der Waals surface area (Å²) in [5.41, 5.74) is 1.82. The molecule has 2 heterocycles. The maximum absolute atomic E-state index is 12.5. The van der Waals surface area contributed by atoms with Gasteiger partial charge >= 0.3 is 0 Å². The normalized spacial score (nSPS) is 18.3. The van der Waals surface area contributed by atoms with Crippen LogP contribution in [0.15, 0.2) is 42.5 Å². The van der Waals surface area contributed by atoms with Gasteiger partial charge in [-0.15, -0.1) is 0 Å². The Hall–Kier alpha value is -3.13. The van der Waals surface area contributed by atoms with E-state index in [1.54, 1.807) is 12.1 Å². The van der Waals surface area contributed by atoms with Gasteiger partial charge in [0.25, 0.3) is 11.6 Å². The van der Waals surface area contributed by atoms with Crippen molar-refractivity contribution in [3.05, 3.63) is 63.7 Å². The molecule has 8 nitrogen and oxygen atoms in total. The molecule has 2 aliphatic rings. The van der Waals surface area contributed by atoms with Crippen molar-refractivity contribution < 1.29 is 19.2 Å². The maximum atomic E-state index is 12.5. The van der Waals surface area contributed by atoms with Crippen LogP contribution in [0.3, 0.4) is 0 Å². The van der Waals surface area contributed by atoms with E-state index in [2.05, 4.69) is 5.32 Å². The topological polar surface area (TPSA) is 93.9 Å². The minimum atomic E-state index is -0.446. The zero-order chi connectivity index (χ0) is 19.5. The van der Waals surface area contributed by atoms with Gasteiger partial charge in [0, 0.05) is 31.1 Å². The van der Waals surface area contributed by atoms with Crippen molar-refractivity contribution in [2.75, 3.05) is 37.7 Å². The summed E-state index contributed by atoms with van der Waals surface area (Å²) < 4.78 is 11.1. The minimum Gasteiger partial charge on any atom is -0.488 e. The Labute approximate surface area is 162 Å². The van der Waals surface area contributed by atoms with E-state index < -0.39 is 4.92 Å². The third-order valence-electron chi connectivity index (χ3n) is 4.99. The fourth-order valence-corrected chi connectivity index (χ4v) is 3.56. The Balaban J connectivity index is 1.43. The van der Waals surface area contributed by atoms with E-state index in [0.29, 0.717) is 38.5 Å². The molecule has 4 rings (SSSR count). The van der Waals surface area contributed by atoms with Crippen molar-refractivity contribution in [3.8, 4) is 5.75 Å². The number of nitro groups is 1. The van der Waals surface area contributed by atoms with E-state index in [4.69, 9.17) is 9.47 Å². The molecule has 1 fully saturated rings. The van der Waals surface area contributed by atoms with Crippen LogP contribution in [-0.2, 0) is 11.2 Å². The predicted molar refractivity (Wildman–Crippen MR) is 103 cm³/mol. The number of para-hydroxylation sites is 1.